The molecular formula is C11H22N2O. The molecule has 3 heteroatoms. The van der Waals surface area contributed by atoms with E-state index in [-0.39, 0.29) is 0 Å². The number of hydrogen-bond donors (Lipinski definition) is 2. The van der Waals surface area contributed by atoms with Crippen LogP contribution in [-0.2, 0) is 4.74 Å². The summed E-state index contributed by atoms with van der Waals surface area (Å²) in [5.74, 6) is 0.994. The van der Waals surface area contributed by atoms with E-state index in [1.165, 1.54) is 32.2 Å². The van der Waals surface area contributed by atoms with Crippen LogP contribution < -0.4 is 10.6 Å². The SMILES string of the molecule is C1COC(CNCCNCC2CC2)C1. The lowest BCUT2D eigenvalue weighted by Gasteiger charge is -2.10. The van der Waals surface area contributed by atoms with Crippen molar-refractivity contribution in [3.8, 4) is 0 Å². The van der Waals surface area contributed by atoms with E-state index in [2.05, 4.69) is 10.6 Å². The second-order valence-electron chi connectivity index (χ2n) is 4.49. The van der Waals surface area contributed by atoms with Gasteiger partial charge in [0.25, 0.3) is 0 Å². The van der Waals surface area contributed by atoms with Gasteiger partial charge in [-0.3, -0.25) is 0 Å². The van der Waals surface area contributed by atoms with Crippen molar-refractivity contribution in [2.45, 2.75) is 31.8 Å². The van der Waals surface area contributed by atoms with Crippen molar-refractivity contribution in [1.29, 1.82) is 0 Å². The van der Waals surface area contributed by atoms with Crippen LogP contribution in [0.25, 0.3) is 0 Å². The highest BCUT2D eigenvalue weighted by atomic mass is 16.5. The van der Waals surface area contributed by atoms with Crippen LogP contribution in [0, 0.1) is 5.92 Å². The quantitative estimate of drug-likeness (QED) is 0.592. The lowest BCUT2D eigenvalue weighted by molar-refractivity contribution is 0.110. The molecule has 0 bridgehead atoms. The highest BCUT2D eigenvalue weighted by Gasteiger charge is 2.20. The second-order valence-corrected chi connectivity index (χ2v) is 4.49. The summed E-state index contributed by atoms with van der Waals surface area (Å²) >= 11 is 0. The minimum atomic E-state index is 0.485. The van der Waals surface area contributed by atoms with Gasteiger partial charge in [0.15, 0.2) is 0 Å². The highest BCUT2D eigenvalue weighted by molar-refractivity contribution is 4.75. The molecule has 1 saturated carbocycles. The molecule has 2 aliphatic rings. The van der Waals surface area contributed by atoms with Crippen LogP contribution in [-0.4, -0.2) is 38.9 Å². The summed E-state index contributed by atoms with van der Waals surface area (Å²) in [6.45, 7) is 5.40. The fourth-order valence-corrected chi connectivity index (χ4v) is 1.87. The fraction of sp³-hybridized carbons (Fsp3) is 1.00. The monoisotopic (exact) mass is 198 g/mol. The van der Waals surface area contributed by atoms with Gasteiger partial charge in [0.1, 0.15) is 0 Å². The first-order chi connectivity index (χ1) is 6.95. The second kappa shape index (κ2) is 5.69. The average Bonchev–Trinajstić information content (AvgIpc) is 2.87. The smallest absolute Gasteiger partial charge is 0.0700 e. The van der Waals surface area contributed by atoms with Gasteiger partial charge in [0.05, 0.1) is 6.10 Å². The van der Waals surface area contributed by atoms with Gasteiger partial charge in [0, 0.05) is 26.2 Å². The van der Waals surface area contributed by atoms with E-state index in [1.54, 1.807) is 0 Å². The van der Waals surface area contributed by atoms with E-state index in [4.69, 9.17) is 4.74 Å². The molecule has 1 aliphatic heterocycles. The predicted octanol–water partition coefficient (Wildman–Crippen LogP) is 0.755. The lowest BCUT2D eigenvalue weighted by Crippen LogP contribution is -2.33. The van der Waals surface area contributed by atoms with Gasteiger partial charge in [-0.25, -0.2) is 0 Å². The van der Waals surface area contributed by atoms with E-state index < -0.39 is 0 Å². The molecule has 0 aromatic carbocycles. The van der Waals surface area contributed by atoms with E-state index in [1.807, 2.05) is 0 Å². The lowest BCUT2D eigenvalue weighted by atomic mass is 10.2. The third-order valence-corrected chi connectivity index (χ3v) is 3.00. The maximum Gasteiger partial charge on any atom is 0.0700 e. The van der Waals surface area contributed by atoms with Crippen molar-refractivity contribution in [3.05, 3.63) is 0 Å². The Morgan fingerprint density at radius 3 is 2.43 bits per heavy atom. The standard InChI is InChI=1S/C11H22N2O/c1-2-11(14-7-1)9-13-6-5-12-8-10-3-4-10/h10-13H,1-9H2. The summed E-state index contributed by atoms with van der Waals surface area (Å²) in [7, 11) is 0. The fourth-order valence-electron chi connectivity index (χ4n) is 1.87. The molecule has 1 atom stereocenters. The number of nitrogens with one attached hydrogen (secondary N) is 2. The Bertz CT molecular complexity index is 153. The van der Waals surface area contributed by atoms with Crippen molar-refractivity contribution >= 4 is 0 Å². The predicted molar refractivity (Wildman–Crippen MR) is 57.4 cm³/mol. The van der Waals surface area contributed by atoms with Crippen LogP contribution >= 0.6 is 0 Å². The summed E-state index contributed by atoms with van der Waals surface area (Å²) in [5, 5.41) is 6.90. The minimum absolute atomic E-state index is 0.485. The summed E-state index contributed by atoms with van der Waals surface area (Å²) in [6.07, 6.45) is 5.85. The first-order valence-corrected chi connectivity index (χ1v) is 5.98. The van der Waals surface area contributed by atoms with Gasteiger partial charge in [-0.15, -0.1) is 0 Å². The summed E-state index contributed by atoms with van der Waals surface area (Å²) < 4.78 is 5.52. The molecule has 14 heavy (non-hydrogen) atoms. The van der Waals surface area contributed by atoms with Crippen molar-refractivity contribution in [3.63, 3.8) is 0 Å². The molecule has 2 fully saturated rings. The van der Waals surface area contributed by atoms with Crippen molar-refractivity contribution < 1.29 is 4.74 Å². The van der Waals surface area contributed by atoms with Gasteiger partial charge in [0.2, 0.25) is 0 Å². The molecule has 82 valence electrons. The van der Waals surface area contributed by atoms with Crippen LogP contribution in [0.15, 0.2) is 0 Å². The first-order valence-electron chi connectivity index (χ1n) is 5.98. The zero-order valence-electron chi connectivity index (χ0n) is 8.93. The summed E-state index contributed by atoms with van der Waals surface area (Å²) in [6, 6.07) is 0. The molecule has 1 saturated heterocycles. The Labute approximate surface area is 86.6 Å². The summed E-state index contributed by atoms with van der Waals surface area (Å²) in [5.41, 5.74) is 0. The van der Waals surface area contributed by atoms with Crippen molar-refractivity contribution in [1.82, 2.24) is 10.6 Å². The van der Waals surface area contributed by atoms with E-state index in [9.17, 15) is 0 Å². The van der Waals surface area contributed by atoms with Crippen molar-refractivity contribution in [2.75, 3.05) is 32.8 Å². The van der Waals surface area contributed by atoms with Gasteiger partial charge >= 0.3 is 0 Å². The van der Waals surface area contributed by atoms with Gasteiger partial charge in [-0.05, 0) is 38.1 Å². The Hall–Kier alpha value is -0.120. The molecule has 2 N–H and O–H groups in total. The Morgan fingerprint density at radius 1 is 1.00 bits per heavy atom. The largest absolute Gasteiger partial charge is 0.377 e. The number of rotatable bonds is 7. The molecule has 1 unspecified atom stereocenters. The van der Waals surface area contributed by atoms with Gasteiger partial charge < -0.3 is 15.4 Å². The first kappa shape index (κ1) is 10.4. The van der Waals surface area contributed by atoms with Crippen molar-refractivity contribution in [2.24, 2.45) is 5.92 Å². The topological polar surface area (TPSA) is 33.3 Å². The average molecular weight is 198 g/mol. The molecule has 0 aromatic heterocycles. The molecule has 1 aliphatic carbocycles. The van der Waals surface area contributed by atoms with Crippen LogP contribution in [0.1, 0.15) is 25.7 Å². The van der Waals surface area contributed by atoms with Crippen LogP contribution in [0.2, 0.25) is 0 Å². The molecule has 0 amide bonds. The summed E-state index contributed by atoms with van der Waals surface area (Å²) in [4.78, 5) is 0. The maximum absolute atomic E-state index is 5.52. The van der Waals surface area contributed by atoms with E-state index in [0.29, 0.717) is 6.10 Å². The minimum Gasteiger partial charge on any atom is -0.377 e. The van der Waals surface area contributed by atoms with Gasteiger partial charge in [-0.1, -0.05) is 0 Å². The Morgan fingerprint density at radius 2 is 1.79 bits per heavy atom. The van der Waals surface area contributed by atoms with E-state index >= 15 is 0 Å². The maximum atomic E-state index is 5.52. The molecular weight excluding hydrogens is 176 g/mol. The Balaban J connectivity index is 1.35. The highest BCUT2D eigenvalue weighted by Crippen LogP contribution is 2.27. The van der Waals surface area contributed by atoms with E-state index in [0.717, 1.165) is 32.2 Å². The molecule has 3 nitrogen and oxygen atoms in total. The van der Waals surface area contributed by atoms with Crippen LogP contribution in [0.4, 0.5) is 0 Å². The molecule has 0 spiro atoms. The molecule has 2 rings (SSSR count). The number of hydrogen-bond acceptors (Lipinski definition) is 3. The third-order valence-electron chi connectivity index (χ3n) is 3.00. The number of ether oxygens (including phenoxy) is 1. The molecule has 0 aromatic rings. The van der Waals surface area contributed by atoms with Gasteiger partial charge in [-0.2, -0.15) is 0 Å². The zero-order valence-corrected chi connectivity index (χ0v) is 8.93. The van der Waals surface area contributed by atoms with Crippen LogP contribution in [0.5, 0.6) is 0 Å². The Kier molecular flexibility index (Phi) is 4.22. The molecule has 1 heterocycles. The third kappa shape index (κ3) is 3.95. The molecule has 0 radical (unpaired) electrons. The van der Waals surface area contributed by atoms with Crippen LogP contribution in [0.3, 0.4) is 0 Å². The normalized spacial score (nSPS) is 27.0. The zero-order chi connectivity index (χ0) is 9.64.